The summed E-state index contributed by atoms with van der Waals surface area (Å²) >= 11 is 0. The molecule has 1 unspecified atom stereocenters. The molecule has 0 spiro atoms. The molecule has 0 aliphatic carbocycles. The highest BCUT2D eigenvalue weighted by molar-refractivity contribution is 5.88. The molecule has 0 bridgehead atoms. The van der Waals surface area contributed by atoms with Gasteiger partial charge >= 0.3 is 12.1 Å². The topological polar surface area (TPSA) is 46.5 Å². The van der Waals surface area contributed by atoms with Crippen molar-refractivity contribution in [3.05, 3.63) is 29.3 Å². The molecule has 118 valence electrons. The lowest BCUT2D eigenvalue weighted by atomic mass is 10.1. The van der Waals surface area contributed by atoms with Crippen molar-refractivity contribution in [2.75, 3.05) is 6.61 Å². The van der Waals surface area contributed by atoms with Crippen LogP contribution in [0.2, 0.25) is 0 Å². The summed E-state index contributed by atoms with van der Waals surface area (Å²) in [5.41, 5.74) is -1.46. The highest BCUT2D eigenvalue weighted by atomic mass is 19.4. The Labute approximate surface area is 121 Å². The maximum absolute atomic E-state index is 12.9. The third kappa shape index (κ3) is 5.28. The normalized spacial score (nSPS) is 13.0. The number of carboxylic acids is 1. The van der Waals surface area contributed by atoms with Gasteiger partial charge in [0.05, 0.1) is 17.7 Å². The van der Waals surface area contributed by atoms with Crippen LogP contribution >= 0.6 is 0 Å². The molecule has 0 saturated heterocycles. The van der Waals surface area contributed by atoms with E-state index in [0.29, 0.717) is 6.07 Å². The summed E-state index contributed by atoms with van der Waals surface area (Å²) in [7, 11) is 0. The fourth-order valence-corrected chi connectivity index (χ4v) is 1.88. The monoisotopic (exact) mass is 304 g/mol. The van der Waals surface area contributed by atoms with E-state index in [4.69, 9.17) is 9.84 Å². The molecule has 21 heavy (non-hydrogen) atoms. The first-order valence-electron chi connectivity index (χ1n) is 6.83. The molecule has 0 heterocycles. The molecule has 0 amide bonds. The van der Waals surface area contributed by atoms with E-state index in [9.17, 15) is 18.0 Å². The van der Waals surface area contributed by atoms with Crippen LogP contribution in [0.4, 0.5) is 13.2 Å². The first-order valence-corrected chi connectivity index (χ1v) is 6.83. The number of rotatable bonds is 7. The van der Waals surface area contributed by atoms with Gasteiger partial charge in [0.1, 0.15) is 5.75 Å². The molecule has 1 aromatic carbocycles. The number of hydrogen-bond donors (Lipinski definition) is 1. The minimum absolute atomic E-state index is 0.144. The number of benzene rings is 1. The summed E-state index contributed by atoms with van der Waals surface area (Å²) in [5, 5.41) is 8.77. The second-order valence-corrected chi connectivity index (χ2v) is 5.07. The van der Waals surface area contributed by atoms with Gasteiger partial charge in [-0.1, -0.05) is 26.7 Å². The fraction of sp³-hybridized carbons (Fsp3) is 0.533. The van der Waals surface area contributed by atoms with Crippen molar-refractivity contribution in [1.82, 2.24) is 0 Å². The number of carbonyl (C=O) groups is 1. The molecule has 1 N–H and O–H groups in total. The van der Waals surface area contributed by atoms with Gasteiger partial charge in [-0.25, -0.2) is 4.79 Å². The lowest BCUT2D eigenvalue weighted by Gasteiger charge is -2.17. The fourth-order valence-electron chi connectivity index (χ4n) is 1.88. The van der Waals surface area contributed by atoms with Crippen molar-refractivity contribution in [2.45, 2.75) is 39.3 Å². The molecule has 1 aromatic rings. The smallest absolute Gasteiger partial charge is 0.419 e. The van der Waals surface area contributed by atoms with Crippen LogP contribution < -0.4 is 4.74 Å². The first kappa shape index (κ1) is 17.3. The zero-order chi connectivity index (χ0) is 16.0. The molecule has 1 rings (SSSR count). The standard InChI is InChI=1S/C15H19F3O3/c1-3-4-5-10(2)9-21-13-7-6-11(14(19)20)8-12(13)15(16,17)18/h6-8,10H,3-5,9H2,1-2H3,(H,19,20). The second-order valence-electron chi connectivity index (χ2n) is 5.07. The first-order chi connectivity index (χ1) is 9.75. The van der Waals surface area contributed by atoms with Gasteiger partial charge in [0.15, 0.2) is 0 Å². The van der Waals surface area contributed by atoms with Crippen LogP contribution in [0.3, 0.4) is 0 Å². The van der Waals surface area contributed by atoms with E-state index in [0.717, 1.165) is 31.4 Å². The van der Waals surface area contributed by atoms with Crippen molar-refractivity contribution in [3.8, 4) is 5.75 Å². The van der Waals surface area contributed by atoms with Gasteiger partial charge in [0, 0.05) is 0 Å². The van der Waals surface area contributed by atoms with Crippen molar-refractivity contribution >= 4 is 5.97 Å². The number of alkyl halides is 3. The maximum Gasteiger partial charge on any atom is 0.419 e. The largest absolute Gasteiger partial charge is 0.493 e. The molecule has 3 nitrogen and oxygen atoms in total. The molecule has 0 aliphatic heterocycles. The van der Waals surface area contributed by atoms with Gasteiger partial charge in [0.2, 0.25) is 0 Å². The minimum atomic E-state index is -4.65. The molecule has 0 aliphatic rings. The van der Waals surface area contributed by atoms with Crippen LogP contribution in [0.25, 0.3) is 0 Å². The Bertz CT molecular complexity index is 484. The molecule has 0 fully saturated rings. The number of aromatic carboxylic acids is 1. The second kappa shape index (κ2) is 7.33. The summed E-state index contributed by atoms with van der Waals surface area (Å²) in [4.78, 5) is 10.8. The maximum atomic E-state index is 12.9. The van der Waals surface area contributed by atoms with Crippen LogP contribution in [0, 0.1) is 5.92 Å². The summed E-state index contributed by atoms with van der Waals surface area (Å²) in [6.45, 7) is 4.13. The minimum Gasteiger partial charge on any atom is -0.493 e. The predicted octanol–water partition coefficient (Wildman–Crippen LogP) is 4.61. The van der Waals surface area contributed by atoms with Crippen LogP contribution in [0.1, 0.15) is 49.0 Å². The lowest BCUT2D eigenvalue weighted by molar-refractivity contribution is -0.139. The Morgan fingerprint density at radius 2 is 2.05 bits per heavy atom. The Morgan fingerprint density at radius 3 is 2.57 bits per heavy atom. The number of hydrogen-bond acceptors (Lipinski definition) is 2. The van der Waals surface area contributed by atoms with Gasteiger partial charge in [0.25, 0.3) is 0 Å². The van der Waals surface area contributed by atoms with Crippen LogP contribution in [0.5, 0.6) is 5.75 Å². The van der Waals surface area contributed by atoms with Gasteiger partial charge < -0.3 is 9.84 Å². The number of ether oxygens (including phenoxy) is 1. The Balaban J connectivity index is 2.88. The summed E-state index contributed by atoms with van der Waals surface area (Å²) in [6.07, 6.45) is -1.75. The highest BCUT2D eigenvalue weighted by Crippen LogP contribution is 2.37. The Kier molecular flexibility index (Phi) is 6.05. The van der Waals surface area contributed by atoms with Crippen LogP contribution in [0.15, 0.2) is 18.2 Å². The van der Waals surface area contributed by atoms with Crippen LogP contribution in [-0.4, -0.2) is 17.7 Å². The van der Waals surface area contributed by atoms with Crippen LogP contribution in [-0.2, 0) is 6.18 Å². The highest BCUT2D eigenvalue weighted by Gasteiger charge is 2.35. The summed E-state index contributed by atoms with van der Waals surface area (Å²) in [6, 6.07) is 2.79. The summed E-state index contributed by atoms with van der Waals surface area (Å²) in [5.74, 6) is -1.58. The molecule has 0 saturated carbocycles. The Hall–Kier alpha value is -1.72. The van der Waals surface area contributed by atoms with Crippen molar-refractivity contribution in [2.24, 2.45) is 5.92 Å². The zero-order valence-corrected chi connectivity index (χ0v) is 12.0. The molecule has 6 heteroatoms. The van der Waals surface area contributed by atoms with E-state index in [-0.39, 0.29) is 18.3 Å². The van der Waals surface area contributed by atoms with E-state index in [2.05, 4.69) is 0 Å². The van der Waals surface area contributed by atoms with Crippen molar-refractivity contribution in [1.29, 1.82) is 0 Å². The average molecular weight is 304 g/mol. The van der Waals surface area contributed by atoms with Gasteiger partial charge in [-0.05, 0) is 30.5 Å². The third-order valence-electron chi connectivity index (χ3n) is 3.11. The quantitative estimate of drug-likeness (QED) is 0.800. The zero-order valence-electron chi connectivity index (χ0n) is 12.0. The molecule has 0 radical (unpaired) electrons. The number of carboxylic acid groups (broad SMARTS) is 1. The molecule has 0 aromatic heterocycles. The van der Waals surface area contributed by atoms with Gasteiger partial charge in [-0.3, -0.25) is 0 Å². The van der Waals surface area contributed by atoms with E-state index in [1.54, 1.807) is 0 Å². The molecular weight excluding hydrogens is 285 g/mol. The van der Waals surface area contributed by atoms with E-state index in [1.807, 2.05) is 13.8 Å². The SMILES string of the molecule is CCCCC(C)COc1ccc(C(=O)O)cc1C(F)(F)F. The molecule has 1 atom stereocenters. The number of halogens is 3. The van der Waals surface area contributed by atoms with Gasteiger partial charge in [-0.2, -0.15) is 13.2 Å². The van der Waals surface area contributed by atoms with E-state index >= 15 is 0 Å². The summed E-state index contributed by atoms with van der Waals surface area (Å²) < 4.78 is 44.1. The lowest BCUT2D eigenvalue weighted by Crippen LogP contribution is -2.14. The van der Waals surface area contributed by atoms with Crippen molar-refractivity contribution in [3.63, 3.8) is 0 Å². The molecular formula is C15H19F3O3. The average Bonchev–Trinajstić information content (AvgIpc) is 2.41. The van der Waals surface area contributed by atoms with E-state index < -0.39 is 23.3 Å². The predicted molar refractivity (Wildman–Crippen MR) is 72.6 cm³/mol. The number of unbranched alkanes of at least 4 members (excludes halogenated alkanes) is 1. The van der Waals surface area contributed by atoms with Crippen molar-refractivity contribution < 1.29 is 27.8 Å². The van der Waals surface area contributed by atoms with E-state index in [1.165, 1.54) is 0 Å². The third-order valence-corrected chi connectivity index (χ3v) is 3.11. The van der Waals surface area contributed by atoms with Gasteiger partial charge in [-0.15, -0.1) is 0 Å². The Morgan fingerprint density at radius 1 is 1.38 bits per heavy atom.